The number of halogens is 2. The van der Waals surface area contributed by atoms with Crippen molar-refractivity contribution in [1.29, 1.82) is 0 Å². The van der Waals surface area contributed by atoms with Gasteiger partial charge >= 0.3 is 0 Å². The highest BCUT2D eigenvalue weighted by atomic mass is 127. The van der Waals surface area contributed by atoms with Crippen LogP contribution in [-0.2, 0) is 0 Å². The zero-order valence-electron chi connectivity index (χ0n) is 8.39. The Morgan fingerprint density at radius 2 is 2.07 bits per heavy atom. The van der Waals surface area contributed by atoms with Crippen molar-refractivity contribution in [3.05, 3.63) is 32.4 Å². The van der Waals surface area contributed by atoms with Crippen molar-refractivity contribution in [1.82, 2.24) is 0 Å². The molecule has 2 N–H and O–H groups in total. The molecule has 0 atom stereocenters. The third kappa shape index (κ3) is 2.48. The molecule has 0 aromatic heterocycles. The van der Waals surface area contributed by atoms with Gasteiger partial charge in [-0.05, 0) is 66.0 Å². The summed E-state index contributed by atoms with van der Waals surface area (Å²) in [7, 11) is 0. The monoisotopic (exact) mass is 333 g/mol. The molecule has 1 aromatic carbocycles. The molecule has 0 saturated heterocycles. The van der Waals surface area contributed by atoms with Crippen molar-refractivity contribution in [2.75, 3.05) is 5.73 Å². The molecule has 0 radical (unpaired) electrons. The van der Waals surface area contributed by atoms with Gasteiger partial charge in [0.1, 0.15) is 0 Å². The van der Waals surface area contributed by atoms with Gasteiger partial charge in [-0.1, -0.05) is 17.7 Å². The average Bonchev–Trinajstić information content (AvgIpc) is 2.25. The number of benzene rings is 1. The summed E-state index contributed by atoms with van der Waals surface area (Å²) in [5.74, 6) is 0. The van der Waals surface area contributed by atoms with Crippen LogP contribution >= 0.6 is 34.2 Å². The Bertz CT molecular complexity index is 412. The smallest absolute Gasteiger partial charge is 0.0547 e. The molecule has 0 saturated carbocycles. The number of nitrogens with two attached hydrogens (primary N) is 1. The van der Waals surface area contributed by atoms with E-state index in [1.54, 1.807) is 0 Å². The summed E-state index contributed by atoms with van der Waals surface area (Å²) in [5.41, 5.74) is 9.34. The van der Waals surface area contributed by atoms with E-state index in [1.165, 1.54) is 24.8 Å². The lowest BCUT2D eigenvalue weighted by molar-refractivity contribution is 0.742. The van der Waals surface area contributed by atoms with E-state index < -0.39 is 0 Å². The van der Waals surface area contributed by atoms with Gasteiger partial charge in [-0.3, -0.25) is 0 Å². The Labute approximate surface area is 109 Å². The van der Waals surface area contributed by atoms with Gasteiger partial charge in [0.2, 0.25) is 0 Å². The van der Waals surface area contributed by atoms with Gasteiger partial charge in [0, 0.05) is 14.8 Å². The van der Waals surface area contributed by atoms with Gasteiger partial charge in [0.25, 0.3) is 0 Å². The van der Waals surface area contributed by atoms with E-state index in [9.17, 15) is 0 Å². The summed E-state index contributed by atoms with van der Waals surface area (Å²) in [6.45, 7) is 0. The fourth-order valence-electron chi connectivity index (χ4n) is 1.92. The van der Waals surface area contributed by atoms with E-state index in [4.69, 9.17) is 17.3 Å². The molecule has 0 fully saturated rings. The van der Waals surface area contributed by atoms with Gasteiger partial charge in [0.15, 0.2) is 0 Å². The van der Waals surface area contributed by atoms with Gasteiger partial charge in [0.05, 0.1) is 5.02 Å². The summed E-state index contributed by atoms with van der Waals surface area (Å²) in [6, 6.07) is 3.95. The lowest BCUT2D eigenvalue weighted by Crippen LogP contribution is -1.98. The maximum Gasteiger partial charge on any atom is 0.0547 e. The van der Waals surface area contributed by atoms with Crippen LogP contribution in [-0.4, -0.2) is 0 Å². The highest BCUT2D eigenvalue weighted by molar-refractivity contribution is 14.1. The maximum absolute atomic E-state index is 6.11. The minimum atomic E-state index is 0.797. The Morgan fingerprint density at radius 1 is 1.27 bits per heavy atom. The molecule has 1 nitrogen and oxygen atoms in total. The number of rotatable bonds is 1. The molecule has 0 spiro atoms. The zero-order chi connectivity index (χ0) is 10.8. The first-order valence-corrected chi connectivity index (χ1v) is 6.58. The molecule has 0 bridgehead atoms. The lowest BCUT2D eigenvalue weighted by atomic mass is 9.93. The van der Waals surface area contributed by atoms with Crippen LogP contribution in [0.25, 0.3) is 5.57 Å². The molecule has 1 aliphatic rings. The van der Waals surface area contributed by atoms with Crippen molar-refractivity contribution < 1.29 is 0 Å². The van der Waals surface area contributed by atoms with Gasteiger partial charge in [-0.25, -0.2) is 0 Å². The Hall–Kier alpha value is -0.220. The van der Waals surface area contributed by atoms with Crippen LogP contribution in [0.15, 0.2) is 18.2 Å². The Kier molecular flexibility index (Phi) is 3.57. The van der Waals surface area contributed by atoms with Crippen molar-refractivity contribution in [3.63, 3.8) is 0 Å². The number of hydrogen-bond acceptors (Lipinski definition) is 1. The molecule has 80 valence electrons. The number of allylic oxidation sites excluding steroid dienone is 2. The normalized spacial score (nSPS) is 16.3. The van der Waals surface area contributed by atoms with Crippen molar-refractivity contribution in [2.45, 2.75) is 25.7 Å². The molecule has 0 aliphatic heterocycles. The average molecular weight is 334 g/mol. The number of hydrogen-bond donors (Lipinski definition) is 1. The Balaban J connectivity index is 2.43. The molecule has 2 rings (SSSR count). The predicted molar refractivity (Wildman–Crippen MR) is 75.0 cm³/mol. The third-order valence-corrected chi connectivity index (χ3v) is 4.25. The second-order valence-corrected chi connectivity index (χ2v) is 5.40. The van der Waals surface area contributed by atoms with Crippen LogP contribution in [0.5, 0.6) is 0 Å². The summed E-state index contributed by atoms with van der Waals surface area (Å²) in [6.07, 6.45) is 7.13. The second-order valence-electron chi connectivity index (χ2n) is 3.83. The van der Waals surface area contributed by atoms with Crippen LogP contribution in [0.1, 0.15) is 31.2 Å². The predicted octanol–water partition coefficient (Wildman–Crippen LogP) is 4.48. The number of nitrogen functional groups attached to an aromatic ring is 1. The molecule has 0 amide bonds. The summed E-state index contributed by atoms with van der Waals surface area (Å²) < 4.78 is 1.02. The van der Waals surface area contributed by atoms with E-state index >= 15 is 0 Å². The van der Waals surface area contributed by atoms with E-state index in [1.807, 2.05) is 12.1 Å². The summed E-state index contributed by atoms with van der Waals surface area (Å²) in [5, 5.41) is 0.797. The van der Waals surface area contributed by atoms with Crippen LogP contribution in [0.2, 0.25) is 5.02 Å². The SMILES string of the molecule is Nc1cc(I)c(Cl)cc1C1=CCCCC1. The molecule has 0 unspecified atom stereocenters. The zero-order valence-corrected chi connectivity index (χ0v) is 11.3. The highest BCUT2D eigenvalue weighted by Crippen LogP contribution is 2.34. The largest absolute Gasteiger partial charge is 0.398 e. The van der Waals surface area contributed by atoms with Gasteiger partial charge < -0.3 is 5.73 Å². The number of anilines is 1. The van der Waals surface area contributed by atoms with Crippen LogP contribution < -0.4 is 5.73 Å². The lowest BCUT2D eigenvalue weighted by Gasteiger charge is -2.15. The van der Waals surface area contributed by atoms with Gasteiger partial charge in [-0.2, -0.15) is 0 Å². The van der Waals surface area contributed by atoms with E-state index in [0.717, 1.165) is 26.3 Å². The molecule has 15 heavy (non-hydrogen) atoms. The van der Waals surface area contributed by atoms with E-state index in [0.29, 0.717) is 0 Å². The van der Waals surface area contributed by atoms with Crippen molar-refractivity contribution >= 4 is 45.5 Å². The van der Waals surface area contributed by atoms with Crippen molar-refractivity contribution in [2.24, 2.45) is 0 Å². The minimum Gasteiger partial charge on any atom is -0.398 e. The Morgan fingerprint density at radius 3 is 2.73 bits per heavy atom. The topological polar surface area (TPSA) is 26.0 Å². The summed E-state index contributed by atoms with van der Waals surface area (Å²) >= 11 is 8.32. The summed E-state index contributed by atoms with van der Waals surface area (Å²) in [4.78, 5) is 0. The molecular formula is C12H13ClIN. The van der Waals surface area contributed by atoms with Crippen LogP contribution in [0.3, 0.4) is 0 Å². The minimum absolute atomic E-state index is 0.797. The molecule has 1 aromatic rings. The quantitative estimate of drug-likeness (QED) is 0.595. The first-order chi connectivity index (χ1) is 7.18. The van der Waals surface area contributed by atoms with Crippen LogP contribution in [0.4, 0.5) is 5.69 Å². The molecule has 1 aliphatic carbocycles. The fourth-order valence-corrected chi connectivity index (χ4v) is 2.58. The van der Waals surface area contributed by atoms with E-state index in [-0.39, 0.29) is 0 Å². The van der Waals surface area contributed by atoms with Crippen LogP contribution in [0, 0.1) is 3.57 Å². The van der Waals surface area contributed by atoms with Crippen molar-refractivity contribution in [3.8, 4) is 0 Å². The second kappa shape index (κ2) is 4.74. The molecule has 0 heterocycles. The maximum atomic E-state index is 6.11. The molecule has 3 heteroatoms. The molecular weight excluding hydrogens is 320 g/mol. The fraction of sp³-hybridized carbons (Fsp3) is 0.333. The standard InChI is InChI=1S/C12H13ClIN/c13-10-6-9(12(15)7-11(10)14)8-4-2-1-3-5-8/h4,6-7H,1-3,5,15H2. The first kappa shape index (κ1) is 11.3. The van der Waals surface area contributed by atoms with E-state index in [2.05, 4.69) is 28.7 Å². The highest BCUT2D eigenvalue weighted by Gasteiger charge is 2.11. The first-order valence-electron chi connectivity index (χ1n) is 5.12. The van der Waals surface area contributed by atoms with Gasteiger partial charge in [-0.15, -0.1) is 0 Å². The third-order valence-electron chi connectivity index (χ3n) is 2.73.